The van der Waals surface area contributed by atoms with Crippen LogP contribution in [0.1, 0.15) is 23.7 Å². The van der Waals surface area contributed by atoms with Crippen LogP contribution in [0.25, 0.3) is 11.5 Å². The fourth-order valence-corrected chi connectivity index (χ4v) is 3.18. The van der Waals surface area contributed by atoms with E-state index in [9.17, 15) is 14.0 Å². The molecule has 8 heteroatoms. The van der Waals surface area contributed by atoms with E-state index in [2.05, 4.69) is 10.3 Å². The Hall–Kier alpha value is -3.99. The number of amides is 3. The summed E-state index contributed by atoms with van der Waals surface area (Å²) in [6.07, 6.45) is 1.36. The first kappa shape index (κ1) is 18.4. The summed E-state index contributed by atoms with van der Waals surface area (Å²) in [4.78, 5) is 30.8. The van der Waals surface area contributed by atoms with Crippen molar-refractivity contribution in [2.45, 2.75) is 19.0 Å². The van der Waals surface area contributed by atoms with Crippen LogP contribution in [0, 0.1) is 17.1 Å². The normalized spacial score (nSPS) is 18.6. The van der Waals surface area contributed by atoms with Crippen molar-refractivity contribution in [1.29, 1.82) is 5.26 Å². The van der Waals surface area contributed by atoms with Crippen LogP contribution in [-0.4, -0.2) is 21.8 Å². The van der Waals surface area contributed by atoms with Crippen molar-refractivity contribution in [1.82, 2.24) is 15.2 Å². The molecule has 2 heterocycles. The number of nitriles is 1. The molecular weight excluding hydrogens is 375 g/mol. The highest BCUT2D eigenvalue weighted by atomic mass is 19.1. The van der Waals surface area contributed by atoms with Crippen molar-refractivity contribution in [2.75, 3.05) is 0 Å². The smallest absolute Gasteiger partial charge is 0.325 e. The zero-order valence-corrected chi connectivity index (χ0v) is 15.3. The molecule has 0 saturated carbocycles. The minimum Gasteiger partial charge on any atom is -0.444 e. The van der Waals surface area contributed by atoms with Gasteiger partial charge in [-0.15, -0.1) is 0 Å². The SMILES string of the molecule is CC1(c2ccc(C#N)cc2)NC(=O)N(Cc2coc(-c3ccc(F)cc3)n2)C1=O. The molecule has 0 aliphatic carbocycles. The fraction of sp³-hybridized carbons (Fsp3) is 0.143. The van der Waals surface area contributed by atoms with E-state index in [0.29, 0.717) is 22.4 Å². The molecule has 7 nitrogen and oxygen atoms in total. The Labute approximate surface area is 165 Å². The second-order valence-corrected chi connectivity index (χ2v) is 6.79. The van der Waals surface area contributed by atoms with Crippen molar-refractivity contribution < 1.29 is 18.4 Å². The minimum atomic E-state index is -1.24. The first-order chi connectivity index (χ1) is 13.9. The number of halogens is 1. The largest absolute Gasteiger partial charge is 0.444 e. The fourth-order valence-electron chi connectivity index (χ4n) is 3.18. The van der Waals surface area contributed by atoms with E-state index >= 15 is 0 Å². The lowest BCUT2D eigenvalue weighted by molar-refractivity contribution is -0.131. The van der Waals surface area contributed by atoms with E-state index in [1.807, 2.05) is 6.07 Å². The van der Waals surface area contributed by atoms with E-state index in [4.69, 9.17) is 9.68 Å². The van der Waals surface area contributed by atoms with Gasteiger partial charge in [-0.05, 0) is 48.9 Å². The Morgan fingerprint density at radius 2 is 1.86 bits per heavy atom. The number of carbonyl (C=O) groups excluding carboxylic acids is 2. The van der Waals surface area contributed by atoms with E-state index in [1.54, 1.807) is 31.2 Å². The number of carbonyl (C=O) groups is 2. The summed E-state index contributed by atoms with van der Waals surface area (Å²) in [5.74, 6) is -0.539. The minimum absolute atomic E-state index is 0.0682. The topological polar surface area (TPSA) is 99.2 Å². The van der Waals surface area contributed by atoms with Gasteiger partial charge in [0.1, 0.15) is 17.6 Å². The molecule has 0 radical (unpaired) electrons. The Balaban J connectivity index is 1.55. The van der Waals surface area contributed by atoms with Crippen LogP contribution in [0.15, 0.2) is 59.2 Å². The van der Waals surface area contributed by atoms with Gasteiger partial charge in [0.2, 0.25) is 5.89 Å². The predicted molar refractivity (Wildman–Crippen MR) is 99.5 cm³/mol. The molecule has 3 aromatic rings. The van der Waals surface area contributed by atoms with Crippen LogP contribution < -0.4 is 5.32 Å². The van der Waals surface area contributed by atoms with Crippen LogP contribution in [-0.2, 0) is 16.9 Å². The molecule has 1 N–H and O–H groups in total. The zero-order chi connectivity index (χ0) is 20.6. The molecule has 4 rings (SSSR count). The van der Waals surface area contributed by atoms with Crippen LogP contribution in [0.4, 0.5) is 9.18 Å². The van der Waals surface area contributed by atoms with Crippen molar-refractivity contribution in [3.63, 3.8) is 0 Å². The quantitative estimate of drug-likeness (QED) is 0.689. The maximum absolute atomic E-state index is 13.1. The van der Waals surface area contributed by atoms with Crippen LogP contribution >= 0.6 is 0 Å². The molecule has 0 spiro atoms. The maximum Gasteiger partial charge on any atom is 0.325 e. The Morgan fingerprint density at radius 1 is 1.17 bits per heavy atom. The second kappa shape index (κ2) is 6.87. The lowest BCUT2D eigenvalue weighted by Crippen LogP contribution is -2.40. The number of rotatable bonds is 4. The highest BCUT2D eigenvalue weighted by Gasteiger charge is 2.49. The highest BCUT2D eigenvalue weighted by molar-refractivity contribution is 6.07. The summed E-state index contributed by atoms with van der Waals surface area (Å²) >= 11 is 0. The van der Waals surface area contributed by atoms with Gasteiger partial charge < -0.3 is 9.73 Å². The first-order valence-electron chi connectivity index (χ1n) is 8.76. The van der Waals surface area contributed by atoms with Gasteiger partial charge in [0, 0.05) is 5.56 Å². The molecule has 0 bridgehead atoms. The molecule has 1 saturated heterocycles. The van der Waals surface area contributed by atoms with Crippen molar-refractivity contribution in [3.05, 3.63) is 77.4 Å². The lowest BCUT2D eigenvalue weighted by Gasteiger charge is -2.22. The summed E-state index contributed by atoms with van der Waals surface area (Å²) < 4.78 is 18.5. The number of hydrogen-bond acceptors (Lipinski definition) is 5. The standard InChI is InChI=1S/C21H15FN4O3/c1-21(15-6-2-13(10-23)3-7-15)19(27)26(20(28)25-21)11-17-12-29-18(24-17)14-4-8-16(22)9-5-14/h2-9,12H,11H2,1H3,(H,25,28). The Morgan fingerprint density at radius 3 is 2.52 bits per heavy atom. The molecule has 3 amide bonds. The number of benzene rings is 2. The molecular formula is C21H15FN4O3. The number of nitrogens with one attached hydrogen (secondary N) is 1. The van der Waals surface area contributed by atoms with E-state index in [0.717, 1.165) is 4.90 Å². The Kier molecular flexibility index (Phi) is 4.35. The summed E-state index contributed by atoms with van der Waals surface area (Å²) in [6, 6.07) is 13.6. The number of oxazole rings is 1. The average Bonchev–Trinajstić information content (AvgIpc) is 3.28. The summed E-state index contributed by atoms with van der Waals surface area (Å²) in [5, 5.41) is 11.6. The molecule has 1 unspecified atom stereocenters. The lowest BCUT2D eigenvalue weighted by atomic mass is 9.91. The van der Waals surface area contributed by atoms with Gasteiger partial charge in [0.25, 0.3) is 5.91 Å². The average molecular weight is 390 g/mol. The summed E-state index contributed by atoms with van der Waals surface area (Å²) in [6.45, 7) is 1.54. The predicted octanol–water partition coefficient (Wildman–Crippen LogP) is 3.32. The number of aromatic nitrogens is 1. The van der Waals surface area contributed by atoms with Gasteiger partial charge in [-0.1, -0.05) is 12.1 Å². The highest BCUT2D eigenvalue weighted by Crippen LogP contribution is 2.30. The third-order valence-corrected chi connectivity index (χ3v) is 4.83. The van der Waals surface area contributed by atoms with Gasteiger partial charge in [0.05, 0.1) is 23.9 Å². The summed E-state index contributed by atoms with van der Waals surface area (Å²) in [5.41, 5.74) is 0.759. The van der Waals surface area contributed by atoms with Crippen molar-refractivity contribution >= 4 is 11.9 Å². The van der Waals surface area contributed by atoms with Crippen LogP contribution in [0.2, 0.25) is 0 Å². The molecule has 144 valence electrons. The molecule has 1 aliphatic heterocycles. The summed E-state index contributed by atoms with van der Waals surface area (Å²) in [7, 11) is 0. The van der Waals surface area contributed by atoms with Gasteiger partial charge in [0.15, 0.2) is 0 Å². The van der Waals surface area contributed by atoms with Gasteiger partial charge in [-0.2, -0.15) is 5.26 Å². The van der Waals surface area contributed by atoms with Crippen LogP contribution in [0.5, 0.6) is 0 Å². The van der Waals surface area contributed by atoms with E-state index in [1.165, 1.54) is 30.5 Å². The van der Waals surface area contributed by atoms with E-state index < -0.39 is 17.5 Å². The molecule has 2 aromatic carbocycles. The van der Waals surface area contributed by atoms with Crippen molar-refractivity contribution in [2.24, 2.45) is 0 Å². The molecule has 29 heavy (non-hydrogen) atoms. The molecule has 1 fully saturated rings. The second-order valence-electron chi connectivity index (χ2n) is 6.79. The monoisotopic (exact) mass is 390 g/mol. The molecule has 1 aromatic heterocycles. The maximum atomic E-state index is 13.1. The van der Waals surface area contributed by atoms with Crippen LogP contribution in [0.3, 0.4) is 0 Å². The zero-order valence-electron chi connectivity index (χ0n) is 15.3. The third-order valence-electron chi connectivity index (χ3n) is 4.83. The first-order valence-corrected chi connectivity index (χ1v) is 8.76. The number of imide groups is 1. The third kappa shape index (κ3) is 3.23. The number of hydrogen-bond donors (Lipinski definition) is 1. The van der Waals surface area contributed by atoms with E-state index in [-0.39, 0.29) is 18.3 Å². The Bertz CT molecular complexity index is 1130. The van der Waals surface area contributed by atoms with Crippen molar-refractivity contribution in [3.8, 4) is 17.5 Å². The number of urea groups is 1. The number of nitrogens with zero attached hydrogens (tertiary/aromatic N) is 3. The van der Waals surface area contributed by atoms with Gasteiger partial charge in [-0.3, -0.25) is 9.69 Å². The van der Waals surface area contributed by atoms with Gasteiger partial charge in [-0.25, -0.2) is 14.2 Å². The molecule has 1 aliphatic rings. The molecule has 1 atom stereocenters. The van der Waals surface area contributed by atoms with Gasteiger partial charge >= 0.3 is 6.03 Å².